The Labute approximate surface area is 450 Å². The van der Waals surface area contributed by atoms with Crippen LogP contribution >= 0.6 is 0 Å². The maximum absolute atomic E-state index is 2.51. The molecule has 0 spiro atoms. The smallest absolute Gasteiger partial charge is 0.00139 e. The highest BCUT2D eigenvalue weighted by Crippen LogP contribution is 2.56. The number of hydrogen-bond donors (Lipinski definition) is 0. The molecule has 15 aromatic rings. The molecule has 77 heavy (non-hydrogen) atoms. The van der Waals surface area contributed by atoms with Gasteiger partial charge in [-0.3, -0.25) is 0 Å². The molecule has 0 atom stereocenters. The second kappa shape index (κ2) is 15.0. The molecule has 1 aliphatic carbocycles. The van der Waals surface area contributed by atoms with Crippen molar-refractivity contribution in [3.8, 4) is 55.6 Å². The van der Waals surface area contributed by atoms with Gasteiger partial charge >= 0.3 is 0 Å². The van der Waals surface area contributed by atoms with Gasteiger partial charge in [-0.05, 0) is 215 Å². The van der Waals surface area contributed by atoms with Crippen LogP contribution in [0.4, 0.5) is 0 Å². The average Bonchev–Trinajstić information content (AvgIpc) is 3.91. The quantitative estimate of drug-likeness (QED) is 0.155. The summed E-state index contributed by atoms with van der Waals surface area (Å²) < 4.78 is 0. The van der Waals surface area contributed by atoms with E-state index < -0.39 is 0 Å². The molecule has 1 aliphatic rings. The molecule has 0 N–H and O–H groups in total. The van der Waals surface area contributed by atoms with Crippen LogP contribution in [0.15, 0.2) is 182 Å². The molecule has 0 amide bonds. The molecule has 15 aromatic carbocycles. The predicted molar refractivity (Wildman–Crippen MR) is 337 cm³/mol. The molecular formula is C77H60. The Balaban J connectivity index is 0.958. The molecule has 0 saturated heterocycles. The van der Waals surface area contributed by atoms with Gasteiger partial charge in [-0.1, -0.05) is 238 Å². The van der Waals surface area contributed by atoms with Gasteiger partial charge in [-0.2, -0.15) is 0 Å². The first kappa shape index (κ1) is 44.9. The third-order valence-corrected chi connectivity index (χ3v) is 18.4. The Bertz CT molecular complexity index is 4840. The van der Waals surface area contributed by atoms with E-state index in [2.05, 4.69) is 251 Å². The molecule has 0 nitrogen and oxygen atoms in total. The minimum Gasteiger partial charge on any atom is -0.0561 e. The number of aryl methyl sites for hydroxylation is 1. The van der Waals surface area contributed by atoms with Gasteiger partial charge in [0.05, 0.1) is 0 Å². The average molecular weight is 985 g/mol. The Morgan fingerprint density at radius 1 is 0.208 bits per heavy atom. The Kier molecular flexibility index (Phi) is 8.75. The van der Waals surface area contributed by atoms with Crippen LogP contribution in [0.2, 0.25) is 0 Å². The van der Waals surface area contributed by atoms with Gasteiger partial charge in [0.15, 0.2) is 0 Å². The van der Waals surface area contributed by atoms with Crippen LogP contribution in [0.25, 0.3) is 163 Å². The van der Waals surface area contributed by atoms with E-state index in [0.29, 0.717) is 0 Å². The largest absolute Gasteiger partial charge is 0.0561 e. The monoisotopic (exact) mass is 984 g/mol. The van der Waals surface area contributed by atoms with Crippen LogP contribution in [0.5, 0.6) is 0 Å². The summed E-state index contributed by atoms with van der Waals surface area (Å²) >= 11 is 0. The molecule has 0 aromatic heterocycles. The summed E-state index contributed by atoms with van der Waals surface area (Å²) in [7, 11) is 0. The maximum atomic E-state index is 2.51. The molecule has 0 radical (unpaired) electrons. The molecule has 16 rings (SSSR count). The van der Waals surface area contributed by atoms with Gasteiger partial charge in [-0.25, -0.2) is 0 Å². The third kappa shape index (κ3) is 6.22. The first-order valence-corrected chi connectivity index (χ1v) is 27.9. The summed E-state index contributed by atoms with van der Waals surface area (Å²) in [4.78, 5) is 0. The van der Waals surface area contributed by atoms with Gasteiger partial charge in [0, 0.05) is 0 Å². The topological polar surface area (TPSA) is 0 Å². The second-order valence-electron chi connectivity index (χ2n) is 26.1. The van der Waals surface area contributed by atoms with Crippen molar-refractivity contribution >= 4 is 108 Å². The minimum atomic E-state index is 0.0487. The number of hydrogen-bond acceptors (Lipinski definition) is 0. The van der Waals surface area contributed by atoms with Gasteiger partial charge in [0.1, 0.15) is 0 Å². The first-order chi connectivity index (χ1) is 37.0. The van der Waals surface area contributed by atoms with E-state index in [1.165, 1.54) is 186 Å². The van der Waals surface area contributed by atoms with E-state index in [4.69, 9.17) is 0 Å². The summed E-state index contributed by atoms with van der Waals surface area (Å²) in [6.45, 7) is 23.2. The van der Waals surface area contributed by atoms with Crippen molar-refractivity contribution in [3.63, 3.8) is 0 Å². The van der Waals surface area contributed by atoms with Gasteiger partial charge < -0.3 is 0 Å². The van der Waals surface area contributed by atoms with Crippen molar-refractivity contribution in [1.29, 1.82) is 0 Å². The Hall–Kier alpha value is -8.32. The normalized spacial score (nSPS) is 13.3. The van der Waals surface area contributed by atoms with E-state index in [9.17, 15) is 0 Å². The maximum Gasteiger partial charge on any atom is -0.00139 e. The zero-order valence-electron chi connectivity index (χ0n) is 45.8. The summed E-state index contributed by atoms with van der Waals surface area (Å²) in [5, 5.41) is 26.6. The van der Waals surface area contributed by atoms with Crippen molar-refractivity contribution < 1.29 is 0 Å². The fourth-order valence-corrected chi connectivity index (χ4v) is 14.3. The summed E-state index contributed by atoms with van der Waals surface area (Å²) in [5.74, 6) is 0. The van der Waals surface area contributed by atoms with Gasteiger partial charge in [0.2, 0.25) is 0 Å². The predicted octanol–water partition coefficient (Wildman–Crippen LogP) is 22.4. The molecular weight excluding hydrogens is 925 g/mol. The van der Waals surface area contributed by atoms with Crippen molar-refractivity contribution in [2.45, 2.75) is 85.5 Å². The number of rotatable bonds is 3. The molecule has 0 fully saturated rings. The van der Waals surface area contributed by atoms with Crippen LogP contribution in [0, 0.1) is 6.92 Å². The van der Waals surface area contributed by atoms with Gasteiger partial charge in [-0.15, -0.1) is 0 Å². The van der Waals surface area contributed by atoms with Crippen LogP contribution in [-0.2, 0) is 16.2 Å². The standard InChI is InChI=1S/C77H60/c1-41-33-65(63-28-21-50-39-53(77(8,9)10)38-49-18-22-54(41)72(63)69(49)50)44-17-25-57-62-30-29-60(55-23-15-42-11-13-45-34-51(75(2,3)4)36-47-19-26-58(55)70(42)67(45)47)73-61(31-32-64(74(62)73)66(57)40-44)56-24-16-43-12-14-46-35-52(76(5,6)7)37-48-20-27-59(56)71(43)68(46)48/h11-40H,1-10H3. The van der Waals surface area contributed by atoms with Crippen LogP contribution in [0.1, 0.15) is 84.6 Å². The number of benzene rings is 15. The van der Waals surface area contributed by atoms with Crippen molar-refractivity contribution in [2.24, 2.45) is 0 Å². The molecule has 0 aliphatic heterocycles. The van der Waals surface area contributed by atoms with E-state index in [-0.39, 0.29) is 16.2 Å². The molecule has 0 saturated carbocycles. The number of fused-ring (bicyclic) bond motifs is 3. The molecule has 368 valence electrons. The summed E-state index contributed by atoms with van der Waals surface area (Å²) in [6.07, 6.45) is 0. The second-order valence-corrected chi connectivity index (χ2v) is 26.1. The van der Waals surface area contributed by atoms with Crippen molar-refractivity contribution in [1.82, 2.24) is 0 Å². The Morgan fingerprint density at radius 3 is 0.948 bits per heavy atom. The van der Waals surface area contributed by atoms with Gasteiger partial charge in [0.25, 0.3) is 0 Å². The minimum absolute atomic E-state index is 0.0487. The van der Waals surface area contributed by atoms with E-state index in [0.717, 1.165) is 0 Å². The lowest BCUT2D eigenvalue weighted by Gasteiger charge is -2.23. The van der Waals surface area contributed by atoms with E-state index in [1.807, 2.05) is 0 Å². The lowest BCUT2D eigenvalue weighted by molar-refractivity contribution is 0.591. The molecule has 0 bridgehead atoms. The Morgan fingerprint density at radius 2 is 0.519 bits per heavy atom. The zero-order chi connectivity index (χ0) is 52.3. The summed E-state index contributed by atoms with van der Waals surface area (Å²) in [5.41, 5.74) is 18.5. The van der Waals surface area contributed by atoms with Crippen LogP contribution in [0.3, 0.4) is 0 Å². The summed E-state index contributed by atoms with van der Waals surface area (Å²) in [6, 6.07) is 72.2. The fraction of sp³-hybridized carbons (Fsp3) is 0.169. The highest BCUT2D eigenvalue weighted by atomic mass is 14.3. The first-order valence-electron chi connectivity index (χ1n) is 27.9. The fourth-order valence-electron chi connectivity index (χ4n) is 14.3. The van der Waals surface area contributed by atoms with E-state index in [1.54, 1.807) is 0 Å². The van der Waals surface area contributed by atoms with E-state index >= 15 is 0 Å². The molecule has 0 heteroatoms. The highest BCUT2D eigenvalue weighted by molar-refractivity contribution is 6.32. The van der Waals surface area contributed by atoms with Crippen LogP contribution in [-0.4, -0.2) is 0 Å². The lowest BCUT2D eigenvalue weighted by Crippen LogP contribution is -2.10. The van der Waals surface area contributed by atoms with Crippen molar-refractivity contribution in [2.75, 3.05) is 0 Å². The molecule has 0 unspecified atom stereocenters. The molecule has 0 heterocycles. The van der Waals surface area contributed by atoms with Crippen molar-refractivity contribution in [3.05, 3.63) is 204 Å². The third-order valence-electron chi connectivity index (χ3n) is 18.4. The lowest BCUT2D eigenvalue weighted by atomic mass is 9.81. The zero-order valence-corrected chi connectivity index (χ0v) is 45.8. The van der Waals surface area contributed by atoms with Crippen LogP contribution < -0.4 is 0 Å². The highest BCUT2D eigenvalue weighted by Gasteiger charge is 2.29. The SMILES string of the molecule is Cc1cc(-c2ccc3c(c2)-c2ccc(-c4ccc5ccc6cc(C(C)(C)C)cc7ccc4c5c67)c4c(-c5ccc6ccc7cc(C(C)(C)C)cc8ccc5c6c78)ccc-3c24)c2ccc3cc(C(C)(C)C)cc4ccc1c2c43.